The Morgan fingerprint density at radius 2 is 0.697 bits per heavy atom. The van der Waals surface area contributed by atoms with Crippen molar-refractivity contribution < 1.29 is 191 Å². The van der Waals surface area contributed by atoms with Crippen molar-refractivity contribution in [1.29, 1.82) is 0 Å². The molecule has 2 aromatic heterocycles. The molecule has 36 heteroatoms. The molecule has 8 N–H and O–H groups in total. The van der Waals surface area contributed by atoms with Crippen LogP contribution in [0.3, 0.4) is 0 Å². The summed E-state index contributed by atoms with van der Waals surface area (Å²) in [5.41, 5.74) is -0.656. The minimum Gasteiger partial charge on any atom is -0.744 e. The van der Waals surface area contributed by atoms with E-state index in [9.17, 15) is 72.3 Å². The summed E-state index contributed by atoms with van der Waals surface area (Å²) in [7, 11) is -20.4. The number of aliphatic hydroxyl groups is 4. The fourth-order valence-corrected chi connectivity index (χ4v) is 8.85. The van der Waals surface area contributed by atoms with Gasteiger partial charge < -0.3 is 69.7 Å². The Balaban J connectivity index is 0.00000494. The maximum Gasteiger partial charge on any atom is 1.00 e. The first-order valence-electron chi connectivity index (χ1n) is 20.5. The molecule has 0 amide bonds. The minimum absolute atomic E-state index is 0. The topological polar surface area (TPSA) is 442 Å². The van der Waals surface area contributed by atoms with Gasteiger partial charge in [-0.25, -0.2) is 33.7 Å². The van der Waals surface area contributed by atoms with Crippen molar-refractivity contribution in [2.45, 2.75) is 19.6 Å². The third-order valence-corrected chi connectivity index (χ3v) is 13.0. The predicted molar refractivity (Wildman–Crippen MR) is 252 cm³/mol. The van der Waals surface area contributed by atoms with Gasteiger partial charge in [0.05, 0.1) is 46.0 Å². The number of benzene rings is 4. The molecule has 0 radical (unpaired) electrons. The Hall–Kier alpha value is -3.08. The van der Waals surface area contributed by atoms with Crippen LogP contribution in [0.25, 0.3) is 12.2 Å². The van der Waals surface area contributed by atoms with Gasteiger partial charge in [0, 0.05) is 48.9 Å². The molecule has 0 atom stereocenters. The van der Waals surface area contributed by atoms with Crippen molar-refractivity contribution in [3.63, 3.8) is 0 Å². The summed E-state index contributed by atoms with van der Waals surface area (Å²) in [4.78, 5) is 25.3. The number of rotatable bonds is 24. The van der Waals surface area contributed by atoms with Crippen LogP contribution in [0, 0.1) is 0 Å². The third kappa shape index (κ3) is 19.9. The molecular formula is C40H40N12Na4O16S4. The number of aliphatic hydroxyl groups excluding tert-OH is 4. The van der Waals surface area contributed by atoms with Crippen molar-refractivity contribution >= 4 is 111 Å². The van der Waals surface area contributed by atoms with E-state index in [0.717, 1.165) is 60.7 Å². The maximum absolute atomic E-state index is 12.6. The SMILES string of the molecule is O=S(=O)([O-])c1cccc(Nc2nc(Nc3ccc(/C=C/c4ccc(Nc5nc(Nc6cccc(S(=O)(=O)[O-])c6)nc(N(CCO)CCO)n5)cc4S(=O)(=O)[O-])c(S(=O)(=O)[O-])c3)nc(N(CCO)CCO)n2)c1.[Na+].[Na+].[Na+].[Na+]. The van der Waals surface area contributed by atoms with Gasteiger partial charge >= 0.3 is 118 Å². The Morgan fingerprint density at radius 1 is 0.408 bits per heavy atom. The van der Waals surface area contributed by atoms with E-state index in [0.29, 0.717) is 0 Å². The maximum atomic E-state index is 12.6. The molecule has 0 aliphatic carbocycles. The standard InChI is InChI=1S/C40H44N12O16S4.4Na/c53-17-13-51(14-18-54)39-47-35(41-27-3-1-5-31(21-27)69(57,58)59)45-37(49-39)43-29-11-9-25(33(23-29)71(63,64)65)7-8-26-10-12-30(24-34(26)72(66,67)68)44-38-46-36(48-40(50-38)52(15-19-55)16-20-56)42-28-4-2-6-32(22-28)70(60,61)62;;;;/h1-12,21-24,53-56H,13-20H2,(H,57,58,59)(H,60,61,62)(H,63,64,65)(H,66,67,68)(H2,41,43,45,47,49)(H2,42,44,46,48,50);;;;/q;4*+1/p-4/b8-7+;;;;. The van der Waals surface area contributed by atoms with Gasteiger partial charge in [-0.05, 0) is 71.8 Å². The Labute approximate surface area is 524 Å². The molecule has 0 spiro atoms. The normalized spacial score (nSPS) is 11.5. The molecule has 0 saturated carbocycles. The molecule has 0 unspecified atom stereocenters. The fraction of sp³-hybridized carbons (Fsp3) is 0.200. The minimum atomic E-state index is -5.31. The predicted octanol–water partition coefficient (Wildman–Crippen LogP) is -11.6. The first-order chi connectivity index (χ1) is 34.0. The first kappa shape index (κ1) is 69.0. The second-order valence-corrected chi connectivity index (χ2v) is 20.1. The molecule has 0 aliphatic heterocycles. The summed E-state index contributed by atoms with van der Waals surface area (Å²) in [5, 5.41) is 49.5. The molecule has 28 nitrogen and oxygen atoms in total. The van der Waals surface area contributed by atoms with E-state index in [2.05, 4.69) is 51.2 Å². The summed E-state index contributed by atoms with van der Waals surface area (Å²) < 4.78 is 146. The van der Waals surface area contributed by atoms with Crippen molar-refractivity contribution in [1.82, 2.24) is 29.9 Å². The van der Waals surface area contributed by atoms with E-state index in [1.807, 2.05) is 0 Å². The van der Waals surface area contributed by atoms with Crippen LogP contribution in [0.15, 0.2) is 105 Å². The molecule has 384 valence electrons. The van der Waals surface area contributed by atoms with Crippen LogP contribution < -0.4 is 149 Å². The van der Waals surface area contributed by atoms with Gasteiger partial charge in [-0.2, -0.15) is 29.9 Å². The molecular weight excluding hydrogens is 1120 g/mol. The zero-order chi connectivity index (χ0) is 52.4. The third-order valence-electron chi connectivity index (χ3n) is 9.57. The zero-order valence-corrected chi connectivity index (χ0v) is 52.1. The number of nitrogens with zero attached hydrogens (tertiary/aromatic N) is 8. The van der Waals surface area contributed by atoms with Crippen LogP contribution in [0.4, 0.5) is 58.4 Å². The summed E-state index contributed by atoms with van der Waals surface area (Å²) in [6, 6.07) is 16.1. The Bertz CT molecular complexity index is 3220. The van der Waals surface area contributed by atoms with Gasteiger partial charge in [0.25, 0.3) is 0 Å². The smallest absolute Gasteiger partial charge is 0.744 e. The van der Waals surface area contributed by atoms with Gasteiger partial charge in [-0.15, -0.1) is 0 Å². The summed E-state index contributed by atoms with van der Waals surface area (Å²) >= 11 is 0. The molecule has 2 heterocycles. The first-order valence-corrected chi connectivity index (χ1v) is 26.1. The molecule has 0 saturated heterocycles. The number of nitrogens with one attached hydrogen (secondary N) is 4. The second-order valence-electron chi connectivity index (χ2n) is 14.6. The van der Waals surface area contributed by atoms with E-state index in [1.165, 1.54) is 46.2 Å². The second kappa shape index (κ2) is 30.5. The summed E-state index contributed by atoms with van der Waals surface area (Å²) in [6.07, 6.45) is 2.10. The van der Waals surface area contributed by atoms with E-state index < -0.39 is 86.5 Å². The van der Waals surface area contributed by atoms with Crippen LogP contribution >= 0.6 is 0 Å². The Morgan fingerprint density at radius 3 is 0.961 bits per heavy atom. The molecule has 0 aliphatic rings. The van der Waals surface area contributed by atoms with Gasteiger partial charge in [0.15, 0.2) is 0 Å². The van der Waals surface area contributed by atoms with Crippen LogP contribution in [0.5, 0.6) is 0 Å². The van der Waals surface area contributed by atoms with Crippen molar-refractivity contribution in [2.75, 3.05) is 83.7 Å². The molecule has 6 rings (SSSR count). The average Bonchev–Trinajstić information content (AvgIpc) is 3.30. The number of hydrogen-bond acceptors (Lipinski definition) is 28. The summed E-state index contributed by atoms with van der Waals surface area (Å²) in [5.74, 6) is -1.40. The monoisotopic (exact) mass is 1160 g/mol. The van der Waals surface area contributed by atoms with Crippen LogP contribution in [-0.2, 0) is 40.5 Å². The number of hydrogen-bond donors (Lipinski definition) is 8. The number of anilines is 10. The van der Waals surface area contributed by atoms with Gasteiger partial charge in [-0.1, -0.05) is 36.4 Å². The molecule has 4 aromatic carbocycles. The van der Waals surface area contributed by atoms with Gasteiger partial charge in [0.2, 0.25) is 35.7 Å². The quantitative estimate of drug-likeness (QED) is 0.0158. The molecule has 76 heavy (non-hydrogen) atoms. The largest absolute Gasteiger partial charge is 1.00 e. The molecule has 0 bridgehead atoms. The molecule has 0 fully saturated rings. The van der Waals surface area contributed by atoms with Crippen molar-refractivity contribution in [2.24, 2.45) is 0 Å². The van der Waals surface area contributed by atoms with Crippen molar-refractivity contribution in [3.05, 3.63) is 96.1 Å². The average molecular weight is 1170 g/mol. The van der Waals surface area contributed by atoms with E-state index in [1.54, 1.807) is 0 Å². The summed E-state index contributed by atoms with van der Waals surface area (Å²) in [6.45, 7) is -1.99. The van der Waals surface area contributed by atoms with Gasteiger partial charge in [-0.3, -0.25) is 0 Å². The van der Waals surface area contributed by atoms with E-state index in [-0.39, 0.29) is 214 Å². The molecule has 6 aromatic rings. The van der Waals surface area contributed by atoms with E-state index >= 15 is 0 Å². The fourth-order valence-electron chi connectivity index (χ4n) is 6.43. The van der Waals surface area contributed by atoms with Crippen LogP contribution in [0.1, 0.15) is 11.1 Å². The zero-order valence-electron chi connectivity index (χ0n) is 40.8. The van der Waals surface area contributed by atoms with Crippen LogP contribution in [-0.4, -0.2) is 155 Å². The van der Waals surface area contributed by atoms with E-state index in [4.69, 9.17) is 0 Å². The van der Waals surface area contributed by atoms with Crippen LogP contribution in [0.2, 0.25) is 0 Å². The Kier molecular flexibility index (Phi) is 27.7. The number of aromatic nitrogens is 6. The van der Waals surface area contributed by atoms with Gasteiger partial charge in [0.1, 0.15) is 40.5 Å². The van der Waals surface area contributed by atoms with Crippen molar-refractivity contribution in [3.8, 4) is 0 Å².